The van der Waals surface area contributed by atoms with Gasteiger partial charge in [0.15, 0.2) is 21.1 Å². The molecule has 2 aromatic rings. The van der Waals surface area contributed by atoms with E-state index < -0.39 is 39.3 Å². The average molecular weight is 451 g/mol. The Morgan fingerprint density at radius 1 is 1.23 bits per heavy atom. The van der Waals surface area contributed by atoms with Crippen LogP contribution in [0.15, 0.2) is 22.1 Å². The average Bonchev–Trinajstić information content (AvgIpc) is 3.05. The number of fused-ring (bicyclic) bond motifs is 1. The molecule has 1 aromatic heterocycles. The van der Waals surface area contributed by atoms with Gasteiger partial charge in [0.25, 0.3) is 0 Å². The molecule has 1 aliphatic heterocycles. The molecule has 0 bridgehead atoms. The molecule has 3 N–H and O–H groups in total. The lowest BCUT2D eigenvalue weighted by Crippen LogP contribution is -2.41. The molecule has 0 fully saturated rings. The van der Waals surface area contributed by atoms with E-state index in [-0.39, 0.29) is 27.4 Å². The van der Waals surface area contributed by atoms with Crippen LogP contribution in [0.25, 0.3) is 6.08 Å². The number of nitrogen functional groups attached to an aromatic ring is 1. The molecule has 1 aliphatic rings. The Labute approximate surface area is 168 Å². The van der Waals surface area contributed by atoms with E-state index in [9.17, 15) is 30.4 Å². The number of nitrogens with zero attached hydrogens (tertiary/aromatic N) is 3. The van der Waals surface area contributed by atoms with Crippen molar-refractivity contribution in [1.82, 2.24) is 9.97 Å². The lowest BCUT2D eigenvalue weighted by molar-refractivity contribution is -0.292. The number of aromatic amines is 1. The van der Waals surface area contributed by atoms with Gasteiger partial charge in [0.2, 0.25) is 0 Å². The number of hydrogen-bond acceptors (Lipinski definition) is 6. The fourth-order valence-electron chi connectivity index (χ4n) is 2.90. The number of imidazole rings is 1. The summed E-state index contributed by atoms with van der Waals surface area (Å²) in [5.74, 6) is -7.02. The predicted molar refractivity (Wildman–Crippen MR) is 99.0 cm³/mol. The topological polar surface area (TPSA) is 104 Å². The molecule has 0 amide bonds. The maximum Gasteiger partial charge on any atom is 0.461 e. The van der Waals surface area contributed by atoms with Crippen LogP contribution in [-0.2, 0) is 15.8 Å². The zero-order chi connectivity index (χ0) is 22.6. The first-order chi connectivity index (χ1) is 13.7. The maximum atomic E-state index is 13.6. The number of anilines is 2. The van der Waals surface area contributed by atoms with Gasteiger partial charge in [-0.2, -0.15) is 22.0 Å². The molecule has 1 aromatic carbocycles. The summed E-state index contributed by atoms with van der Waals surface area (Å²) in [4.78, 5) is 5.15. The van der Waals surface area contributed by atoms with Crippen LogP contribution in [0.4, 0.5) is 33.3 Å². The van der Waals surface area contributed by atoms with E-state index in [2.05, 4.69) is 10.1 Å². The third kappa shape index (κ3) is 3.50. The summed E-state index contributed by atoms with van der Waals surface area (Å²) in [5, 5.41) is 5.13. The van der Waals surface area contributed by atoms with E-state index in [1.165, 1.54) is 30.1 Å². The molecule has 7 nitrogen and oxygen atoms in total. The summed E-state index contributed by atoms with van der Waals surface area (Å²) in [6, 6.07) is 2.06. The summed E-state index contributed by atoms with van der Waals surface area (Å²) in [7, 11) is -3.75. The molecule has 0 spiro atoms. The lowest BCUT2D eigenvalue weighted by atomic mass is 10.1. The predicted octanol–water partition coefficient (Wildman–Crippen LogP) is 1.97. The van der Waals surface area contributed by atoms with Crippen LogP contribution in [0, 0.1) is 6.92 Å². The lowest BCUT2D eigenvalue weighted by Gasteiger charge is -2.28. The van der Waals surface area contributed by atoms with Gasteiger partial charge in [-0.3, -0.25) is 5.01 Å². The molecule has 0 saturated carbocycles. The van der Waals surface area contributed by atoms with Gasteiger partial charge in [-0.25, -0.2) is 13.4 Å². The minimum Gasteiger partial charge on any atom is -0.398 e. The van der Waals surface area contributed by atoms with Crippen LogP contribution in [0.3, 0.4) is 0 Å². The standard InChI is InChI=1S/C17H18F5N5O2S/c1-4-30(28,29)13-7-10(23)8(2)5-12(13)27-9(3)6-11-14(26-27)25-15(24-11)16(18,19)17(20,21)22/h5-7,9H,4,23H2,1-3H3,(H,24,25,26). The van der Waals surface area contributed by atoms with Gasteiger partial charge in [0, 0.05) is 5.69 Å². The number of sulfone groups is 1. The minimum atomic E-state index is -5.84. The second-order valence-corrected chi connectivity index (χ2v) is 9.07. The van der Waals surface area contributed by atoms with Gasteiger partial charge in [0.05, 0.1) is 27.7 Å². The molecule has 1 unspecified atom stereocenters. The van der Waals surface area contributed by atoms with E-state index in [0.29, 0.717) is 5.56 Å². The van der Waals surface area contributed by atoms with Crippen LogP contribution in [0.5, 0.6) is 0 Å². The molecule has 30 heavy (non-hydrogen) atoms. The summed E-state index contributed by atoms with van der Waals surface area (Å²) in [5.41, 5.74) is 6.32. The van der Waals surface area contributed by atoms with Crippen molar-refractivity contribution < 1.29 is 30.4 Å². The number of aryl methyl sites for hydroxylation is 1. The van der Waals surface area contributed by atoms with Crippen molar-refractivity contribution in [1.29, 1.82) is 0 Å². The fourth-order valence-corrected chi connectivity index (χ4v) is 3.99. The Morgan fingerprint density at radius 3 is 2.43 bits per heavy atom. The molecule has 164 valence electrons. The van der Waals surface area contributed by atoms with Crippen molar-refractivity contribution in [3.05, 3.63) is 34.4 Å². The van der Waals surface area contributed by atoms with Crippen molar-refractivity contribution >= 4 is 27.3 Å². The van der Waals surface area contributed by atoms with E-state index in [1.807, 2.05) is 4.98 Å². The second-order valence-electron chi connectivity index (χ2n) is 6.83. The molecule has 2 heterocycles. The molecule has 1 atom stereocenters. The van der Waals surface area contributed by atoms with E-state index >= 15 is 0 Å². The van der Waals surface area contributed by atoms with E-state index in [1.54, 1.807) is 13.8 Å². The first-order valence-electron chi connectivity index (χ1n) is 8.72. The Hall–Kier alpha value is -2.70. The van der Waals surface area contributed by atoms with Crippen molar-refractivity contribution in [2.24, 2.45) is 5.10 Å². The minimum absolute atomic E-state index is 0.116. The van der Waals surface area contributed by atoms with Crippen molar-refractivity contribution in [3.63, 3.8) is 0 Å². The highest BCUT2D eigenvalue weighted by atomic mass is 32.2. The van der Waals surface area contributed by atoms with Gasteiger partial charge >= 0.3 is 12.1 Å². The number of nitrogens with one attached hydrogen (secondary N) is 1. The highest BCUT2D eigenvalue weighted by molar-refractivity contribution is 7.91. The zero-order valence-corrected chi connectivity index (χ0v) is 16.9. The zero-order valence-electron chi connectivity index (χ0n) is 16.1. The van der Waals surface area contributed by atoms with Gasteiger partial charge in [-0.15, -0.1) is 5.10 Å². The van der Waals surface area contributed by atoms with Crippen LogP contribution in [0.1, 0.15) is 25.2 Å². The smallest absolute Gasteiger partial charge is 0.398 e. The summed E-state index contributed by atoms with van der Waals surface area (Å²) < 4.78 is 90.4. The first kappa shape index (κ1) is 22.0. The molecule has 13 heteroatoms. The fraction of sp³-hybridized carbons (Fsp3) is 0.412. The number of halogens is 5. The second kappa shape index (κ2) is 6.93. The largest absolute Gasteiger partial charge is 0.461 e. The molecule has 3 rings (SSSR count). The maximum absolute atomic E-state index is 13.6. The number of hydrogen-bond donors (Lipinski definition) is 2. The number of benzene rings is 1. The summed E-state index contributed by atoms with van der Waals surface area (Å²) in [6.45, 7) is 4.65. The monoisotopic (exact) mass is 451 g/mol. The Morgan fingerprint density at radius 2 is 1.87 bits per heavy atom. The molecule has 0 aliphatic carbocycles. The Balaban J connectivity index is 2.21. The highest BCUT2D eigenvalue weighted by Gasteiger charge is 2.61. The van der Waals surface area contributed by atoms with Gasteiger partial charge in [-0.1, -0.05) is 6.92 Å². The Bertz CT molecular complexity index is 1220. The van der Waals surface area contributed by atoms with Crippen LogP contribution in [-0.4, -0.2) is 36.4 Å². The number of H-pyrrole nitrogens is 1. The van der Waals surface area contributed by atoms with Crippen LogP contribution in [0.2, 0.25) is 0 Å². The summed E-state index contributed by atoms with van der Waals surface area (Å²) >= 11 is 0. The quantitative estimate of drug-likeness (QED) is 0.547. The third-order valence-corrected chi connectivity index (χ3v) is 6.43. The van der Waals surface area contributed by atoms with E-state index in [0.717, 1.165) is 0 Å². The number of rotatable bonds is 4. The molecular formula is C17H18F5N5O2S. The van der Waals surface area contributed by atoms with Crippen molar-refractivity contribution in [2.75, 3.05) is 16.5 Å². The van der Waals surface area contributed by atoms with Crippen LogP contribution >= 0.6 is 0 Å². The Kier molecular flexibility index (Phi) is 5.08. The van der Waals surface area contributed by atoms with Crippen molar-refractivity contribution in [3.8, 4) is 0 Å². The van der Waals surface area contributed by atoms with Gasteiger partial charge in [-0.05, 0) is 37.6 Å². The third-order valence-electron chi connectivity index (χ3n) is 4.67. The normalized spacial score (nSPS) is 17.3. The number of aromatic nitrogens is 2. The van der Waals surface area contributed by atoms with Gasteiger partial charge < -0.3 is 10.7 Å². The number of nitrogens with two attached hydrogens (primary N) is 1. The number of alkyl halides is 5. The van der Waals surface area contributed by atoms with Crippen LogP contribution < -0.4 is 21.6 Å². The highest BCUT2D eigenvalue weighted by Crippen LogP contribution is 2.41. The molecule has 0 saturated heterocycles. The molecule has 0 radical (unpaired) electrons. The SMILES string of the molecule is CCS(=O)(=O)c1cc(N)c(C)cc1N1N=c2nc(C(F)(F)C(F)(F)F)[nH]c2=CC1C. The van der Waals surface area contributed by atoms with Gasteiger partial charge in [0.1, 0.15) is 0 Å². The van der Waals surface area contributed by atoms with E-state index in [4.69, 9.17) is 5.73 Å². The van der Waals surface area contributed by atoms with Crippen molar-refractivity contribution in [2.45, 2.75) is 43.8 Å². The molecular weight excluding hydrogens is 433 g/mol. The summed E-state index contributed by atoms with van der Waals surface area (Å²) in [6.07, 6.45) is -4.51. The first-order valence-corrected chi connectivity index (χ1v) is 10.4.